The Kier molecular flexibility index (Phi) is 34.5. The van der Waals surface area contributed by atoms with E-state index in [1.165, 1.54) is 12.0 Å². The second-order valence-electron chi connectivity index (χ2n) is 27.7. The van der Waals surface area contributed by atoms with E-state index < -0.39 is 120 Å². The van der Waals surface area contributed by atoms with Crippen LogP contribution in [0, 0.1) is 41.4 Å². The third kappa shape index (κ3) is 25.7. The number of ether oxygens (including phenoxy) is 8. The van der Waals surface area contributed by atoms with Crippen molar-refractivity contribution >= 4 is 58.9 Å². The van der Waals surface area contributed by atoms with Crippen molar-refractivity contribution in [1.29, 1.82) is 0 Å². The number of urea groups is 1. The van der Waals surface area contributed by atoms with Gasteiger partial charge < -0.3 is 80.4 Å². The zero-order valence-electron chi connectivity index (χ0n) is 60.2. The molecule has 3 fully saturated rings. The molecule has 0 unspecified atom stereocenters. The lowest BCUT2D eigenvalue weighted by atomic mass is 9.78. The van der Waals surface area contributed by atoms with Crippen molar-refractivity contribution in [3.63, 3.8) is 0 Å². The number of aliphatic hydroxyl groups is 2. The molecular weight excluding hydrogens is 1280 g/mol. The van der Waals surface area contributed by atoms with Gasteiger partial charge in [-0.15, -0.1) is 0 Å². The SMILES string of the molecule is CO[C@H]1C[C@@H]2CC[C@@H](C)[C@@](O)(O2)C(=O)C(=O)N2CCCC[C@H]2C(=O)O[C@H]([C@@H](C)C[C@H]2CC[C@@H](OCCOCNC(=O)OCc3ccc(NC(=O)[C@H](CCCNC(N)=O)NC(=O)[C@@H](N)C(C)C)cc3)[C@H](OC)C2)CC(=O)[C@H](C)/C=C(\C)[C@@H](O)[C@@H](OC)C(=O)[C@H](C)C[C@H](C)/C=C/C=C/C=C/1C. The number of carbonyl (C=O) groups excluding carboxylic acids is 9. The summed E-state index contributed by atoms with van der Waals surface area (Å²) >= 11 is 0. The minimum absolute atomic E-state index is 0.0186. The molecule has 3 heterocycles. The number of carbonyl (C=O) groups is 9. The maximum atomic E-state index is 14.7. The molecule has 0 aromatic heterocycles. The average Bonchev–Trinajstić information content (AvgIpc) is 0.774. The van der Waals surface area contributed by atoms with Gasteiger partial charge in [0.2, 0.25) is 17.6 Å². The monoisotopic (exact) mass is 1390 g/mol. The number of methoxy groups -OCH3 is 3. The van der Waals surface area contributed by atoms with Gasteiger partial charge in [-0.25, -0.2) is 14.4 Å². The molecule has 26 nitrogen and oxygen atoms in total. The quantitative estimate of drug-likeness (QED) is 0.0180. The maximum absolute atomic E-state index is 14.7. The molecule has 554 valence electrons. The summed E-state index contributed by atoms with van der Waals surface area (Å²) in [7, 11) is 4.53. The van der Waals surface area contributed by atoms with Crippen molar-refractivity contribution in [3.8, 4) is 0 Å². The van der Waals surface area contributed by atoms with Crippen LogP contribution in [0.1, 0.15) is 158 Å². The second-order valence-corrected chi connectivity index (χ2v) is 27.7. The van der Waals surface area contributed by atoms with Gasteiger partial charge in [-0.1, -0.05) is 97.1 Å². The largest absolute Gasteiger partial charge is 0.460 e. The third-order valence-corrected chi connectivity index (χ3v) is 19.5. The van der Waals surface area contributed by atoms with Gasteiger partial charge in [0.15, 0.2) is 5.78 Å². The number of nitrogens with two attached hydrogens (primary N) is 2. The van der Waals surface area contributed by atoms with Crippen LogP contribution in [0.2, 0.25) is 0 Å². The molecule has 0 spiro atoms. The number of esters is 1. The van der Waals surface area contributed by atoms with Gasteiger partial charge in [0.1, 0.15) is 49.5 Å². The van der Waals surface area contributed by atoms with E-state index in [1.807, 2.05) is 51.2 Å². The highest BCUT2D eigenvalue weighted by molar-refractivity contribution is 6.39. The first-order valence-corrected chi connectivity index (χ1v) is 35.1. The Morgan fingerprint density at radius 1 is 0.818 bits per heavy atom. The first-order valence-electron chi connectivity index (χ1n) is 35.1. The molecule has 17 atom stereocenters. The number of hydrogen-bond acceptors (Lipinski definition) is 20. The van der Waals surface area contributed by atoms with Crippen LogP contribution < -0.4 is 32.7 Å². The van der Waals surface area contributed by atoms with E-state index in [0.717, 1.165) is 5.57 Å². The zero-order valence-corrected chi connectivity index (χ0v) is 60.2. The number of ketones is 3. The number of anilines is 1. The van der Waals surface area contributed by atoms with Gasteiger partial charge in [0.25, 0.3) is 11.7 Å². The number of fused-ring (bicyclic) bond motifs is 3. The van der Waals surface area contributed by atoms with Gasteiger partial charge in [-0.3, -0.25) is 34.1 Å². The number of primary amides is 1. The topological polar surface area (TPSA) is 371 Å². The molecule has 26 heteroatoms. The minimum atomic E-state index is -2.48. The van der Waals surface area contributed by atoms with Crippen LogP contribution >= 0.6 is 0 Å². The number of alkyl carbamates (subject to hydrolysis) is 1. The molecule has 1 aromatic rings. The number of cyclic esters (lactones) is 1. The van der Waals surface area contributed by atoms with E-state index in [-0.39, 0.29) is 107 Å². The number of rotatable bonds is 23. The molecule has 1 saturated carbocycles. The van der Waals surface area contributed by atoms with Gasteiger partial charge in [0, 0.05) is 70.7 Å². The molecule has 3 aliphatic heterocycles. The van der Waals surface area contributed by atoms with Crippen LogP contribution in [0.5, 0.6) is 0 Å². The number of nitrogens with zero attached hydrogens (tertiary/aromatic N) is 1. The second kappa shape index (κ2) is 41.2. The average molecular weight is 1390 g/mol. The lowest BCUT2D eigenvalue weighted by Crippen LogP contribution is -2.61. The van der Waals surface area contributed by atoms with Crippen molar-refractivity contribution in [3.05, 3.63) is 77.4 Å². The smallest absolute Gasteiger partial charge is 0.409 e. The zero-order chi connectivity index (χ0) is 73.1. The van der Waals surface area contributed by atoms with Gasteiger partial charge in [-0.05, 0) is 143 Å². The molecular formula is C73H113N7O19. The van der Waals surface area contributed by atoms with Crippen LogP contribution in [-0.2, 0) is 78.1 Å². The summed E-state index contributed by atoms with van der Waals surface area (Å²) in [5, 5.41) is 34.2. The number of allylic oxidation sites excluding steroid dienone is 6. The molecule has 99 heavy (non-hydrogen) atoms. The van der Waals surface area contributed by atoms with E-state index in [4.69, 9.17) is 49.4 Å². The van der Waals surface area contributed by atoms with Crippen LogP contribution in [0.4, 0.5) is 15.3 Å². The Labute approximate surface area is 584 Å². The molecule has 0 radical (unpaired) electrons. The molecule has 10 N–H and O–H groups in total. The number of benzene rings is 1. The lowest BCUT2D eigenvalue weighted by molar-refractivity contribution is -0.265. The van der Waals surface area contributed by atoms with Gasteiger partial charge in [-0.2, -0.15) is 0 Å². The van der Waals surface area contributed by atoms with Crippen molar-refractivity contribution < 1.29 is 91.3 Å². The standard InChI is InChI=1S/C73H113N7O19/c1-43(2)62(74)68(86)79-55(21-18-31-76-71(75)89)67(85)78-53-27-24-51(25-28-53)41-97-72(90)77-42-95-33-34-96-58-30-26-52(38-61(58)93-11)37-47(6)60-40-57(81)46(5)36-49(8)64(83)65(94-12)63(82)48(7)35-44(3)19-14-13-15-20-45(4)59(92-10)39-54-29-23-50(9)73(91,99-54)66(84)69(87)80-32-17-16-22-56(80)70(88)98-60/h13-15,19-20,24-25,27-28,36,43-44,46-48,50,52,54-56,58-62,64-65,83,91H,16-18,21-23,26,29-35,37-42,74H2,1-12H3,(H,77,90)(H,78,85)(H,79,86)(H3,75,76,89)/b15-13+,19-14+,45-20+,49-36+/t44-,46-,47+,48-,50-,52-,54+,55+,56+,58-,59+,60+,61-,62+,64-,65+,73-/m1/s1. The van der Waals surface area contributed by atoms with Crippen LogP contribution in [0.25, 0.3) is 0 Å². The Bertz CT molecular complexity index is 2960. The highest BCUT2D eigenvalue weighted by atomic mass is 16.6. The van der Waals surface area contributed by atoms with Crippen molar-refractivity contribution in [2.45, 2.75) is 225 Å². The Balaban J connectivity index is 1.21. The van der Waals surface area contributed by atoms with Gasteiger partial charge >= 0.3 is 18.1 Å². The Morgan fingerprint density at radius 3 is 2.22 bits per heavy atom. The van der Waals surface area contributed by atoms with E-state index in [0.29, 0.717) is 81.0 Å². The number of nitrogens with one attached hydrogen (secondary N) is 4. The summed E-state index contributed by atoms with van der Waals surface area (Å²) in [6, 6.07) is 2.89. The summed E-state index contributed by atoms with van der Waals surface area (Å²) in [4.78, 5) is 123. The van der Waals surface area contributed by atoms with E-state index in [2.05, 4.69) is 21.3 Å². The predicted octanol–water partition coefficient (Wildman–Crippen LogP) is 6.96. The minimum Gasteiger partial charge on any atom is -0.460 e. The Hall–Kier alpha value is -6.75. The van der Waals surface area contributed by atoms with Crippen LogP contribution in [-0.4, -0.2) is 189 Å². The molecule has 4 aliphatic rings. The third-order valence-electron chi connectivity index (χ3n) is 19.5. The highest BCUT2D eigenvalue weighted by Gasteiger charge is 2.53. The molecule has 1 aliphatic carbocycles. The first-order chi connectivity index (χ1) is 47.0. The lowest BCUT2D eigenvalue weighted by Gasteiger charge is -2.42. The summed E-state index contributed by atoms with van der Waals surface area (Å²) in [6.45, 7) is 16.4. The summed E-state index contributed by atoms with van der Waals surface area (Å²) < 4.78 is 47.3. The number of hydrogen-bond donors (Lipinski definition) is 8. The fourth-order valence-electron chi connectivity index (χ4n) is 13.2. The molecule has 1 aromatic carbocycles. The van der Waals surface area contributed by atoms with Crippen LogP contribution in [0.15, 0.2) is 71.9 Å². The summed E-state index contributed by atoms with van der Waals surface area (Å²) in [6.07, 6.45) is 10.6. The van der Waals surface area contributed by atoms with E-state index >= 15 is 0 Å². The highest BCUT2D eigenvalue weighted by Crippen LogP contribution is 2.38. The molecule has 2 saturated heterocycles. The van der Waals surface area contributed by atoms with E-state index in [9.17, 15) is 53.4 Å². The summed E-state index contributed by atoms with van der Waals surface area (Å²) in [5.74, 6) is -9.70. The maximum Gasteiger partial charge on any atom is 0.409 e. The van der Waals surface area contributed by atoms with Crippen LogP contribution in [0.3, 0.4) is 0 Å². The normalized spacial score (nSPS) is 31.0. The molecule has 6 amide bonds. The number of Topliss-reactive ketones (excluding diaryl/α,β-unsaturated/α-hetero) is 3. The first kappa shape index (κ1) is 82.9. The number of piperidine rings is 1. The van der Waals surface area contributed by atoms with E-state index in [1.54, 1.807) is 86.1 Å². The molecule has 2 bridgehead atoms. The number of aliphatic hydroxyl groups excluding tert-OH is 1. The number of amides is 6. The van der Waals surface area contributed by atoms with Crippen molar-refractivity contribution in [2.75, 3.05) is 59.7 Å². The molecule has 5 rings (SSSR count). The Morgan fingerprint density at radius 2 is 1.55 bits per heavy atom. The summed E-state index contributed by atoms with van der Waals surface area (Å²) in [5.41, 5.74) is 13.4. The van der Waals surface area contributed by atoms with Gasteiger partial charge in [0.05, 0.1) is 43.7 Å². The predicted molar refractivity (Wildman–Crippen MR) is 370 cm³/mol. The van der Waals surface area contributed by atoms with Crippen molar-refractivity contribution in [1.82, 2.24) is 20.9 Å². The fraction of sp³-hybridized carbons (Fsp3) is 0.685. The fourth-order valence-corrected chi connectivity index (χ4v) is 13.2. The van der Waals surface area contributed by atoms with Crippen molar-refractivity contribution in [2.24, 2.45) is 52.9 Å².